The van der Waals surface area contributed by atoms with Crippen LogP contribution in [0.3, 0.4) is 0 Å². The highest BCUT2D eigenvalue weighted by Gasteiger charge is 2.31. The molecule has 0 aromatic carbocycles. The lowest BCUT2D eigenvalue weighted by atomic mass is 10.1. The summed E-state index contributed by atoms with van der Waals surface area (Å²) in [5.41, 5.74) is 0. The molecule has 0 spiro atoms. The molecule has 0 rings (SSSR count). The molecule has 2 amide bonds. The van der Waals surface area contributed by atoms with Gasteiger partial charge >= 0.3 is 12.1 Å². The minimum atomic E-state index is -0.765. The van der Waals surface area contributed by atoms with Crippen LogP contribution in [-0.2, 0) is 19.1 Å². The van der Waals surface area contributed by atoms with Crippen molar-refractivity contribution in [1.82, 2.24) is 9.80 Å². The van der Waals surface area contributed by atoms with Crippen molar-refractivity contribution in [3.63, 3.8) is 0 Å². The van der Waals surface area contributed by atoms with Gasteiger partial charge in [-0.3, -0.25) is 9.69 Å². The molecule has 2 atom stereocenters. The molecule has 2 unspecified atom stereocenters. The molecule has 0 bridgehead atoms. The van der Waals surface area contributed by atoms with Crippen molar-refractivity contribution in [2.24, 2.45) is 5.92 Å². The number of hydrogen-bond donors (Lipinski definition) is 0. The Kier molecular flexibility index (Phi) is 10.6. The zero-order valence-corrected chi connectivity index (χ0v) is 16.3. The lowest BCUT2D eigenvalue weighted by Gasteiger charge is -2.30. The van der Waals surface area contributed by atoms with Crippen LogP contribution in [0.1, 0.15) is 40.5 Å². The summed E-state index contributed by atoms with van der Waals surface area (Å²) in [7, 11) is 2.98. The van der Waals surface area contributed by atoms with Crippen LogP contribution in [0.2, 0.25) is 0 Å². The van der Waals surface area contributed by atoms with Crippen LogP contribution in [0.25, 0.3) is 0 Å². The Morgan fingerprint density at radius 1 is 1.00 bits per heavy atom. The topological polar surface area (TPSA) is 76.2 Å². The molecule has 0 fully saturated rings. The largest absolute Gasteiger partial charge is 0.464 e. The van der Waals surface area contributed by atoms with E-state index in [1.807, 2.05) is 0 Å². The molecule has 0 aliphatic rings. The van der Waals surface area contributed by atoms with Crippen LogP contribution in [0.5, 0.6) is 0 Å². The maximum Gasteiger partial charge on any atom is 0.410 e. The second-order valence-corrected chi connectivity index (χ2v) is 6.48. The standard InChI is InChI=1S/C18H32N2O5/c1-8-11-25-18(23)20(7)14(4)16(21)19(6)15(5)17(22)24-12-9-10-13(2)3/h8,13-15H,1,9-12H2,2-7H3. The number of carbonyl (C=O) groups excluding carboxylic acids is 3. The predicted octanol–water partition coefficient (Wildman–Crippen LogP) is 2.46. The summed E-state index contributed by atoms with van der Waals surface area (Å²) in [6.07, 6.45) is 2.59. The van der Waals surface area contributed by atoms with Crippen molar-refractivity contribution in [1.29, 1.82) is 0 Å². The van der Waals surface area contributed by atoms with Gasteiger partial charge in [-0.05, 0) is 32.6 Å². The highest BCUT2D eigenvalue weighted by molar-refractivity contribution is 5.89. The molecule has 0 aliphatic carbocycles. The van der Waals surface area contributed by atoms with E-state index in [9.17, 15) is 14.4 Å². The van der Waals surface area contributed by atoms with Gasteiger partial charge in [-0.1, -0.05) is 26.5 Å². The second-order valence-electron chi connectivity index (χ2n) is 6.48. The van der Waals surface area contributed by atoms with Gasteiger partial charge in [-0.2, -0.15) is 0 Å². The molecule has 7 heteroatoms. The molecule has 0 aromatic heterocycles. The molecule has 0 radical (unpaired) electrons. The van der Waals surface area contributed by atoms with Crippen LogP contribution >= 0.6 is 0 Å². The number of nitrogens with zero attached hydrogens (tertiary/aromatic N) is 2. The van der Waals surface area contributed by atoms with Crippen LogP contribution < -0.4 is 0 Å². The summed E-state index contributed by atoms with van der Waals surface area (Å²) >= 11 is 0. The lowest BCUT2D eigenvalue weighted by molar-refractivity contribution is -0.154. The summed E-state index contributed by atoms with van der Waals surface area (Å²) in [6, 6.07) is -1.50. The number of rotatable bonds is 10. The van der Waals surface area contributed by atoms with E-state index in [2.05, 4.69) is 20.4 Å². The molecule has 144 valence electrons. The fourth-order valence-electron chi connectivity index (χ4n) is 1.98. The predicted molar refractivity (Wildman–Crippen MR) is 96.0 cm³/mol. The molecule has 0 N–H and O–H groups in total. The van der Waals surface area contributed by atoms with Gasteiger partial charge in [-0.25, -0.2) is 9.59 Å². The first-order chi connectivity index (χ1) is 11.6. The van der Waals surface area contributed by atoms with Gasteiger partial charge in [-0.15, -0.1) is 0 Å². The number of amides is 2. The zero-order chi connectivity index (χ0) is 19.6. The summed E-state index contributed by atoms with van der Waals surface area (Å²) in [6.45, 7) is 11.3. The number of hydrogen-bond acceptors (Lipinski definition) is 5. The Morgan fingerprint density at radius 3 is 2.12 bits per heavy atom. The lowest BCUT2D eigenvalue weighted by Crippen LogP contribution is -2.51. The molecule has 0 saturated heterocycles. The molecule has 7 nitrogen and oxygen atoms in total. The molecule has 0 aromatic rings. The number of esters is 1. The van der Waals surface area contributed by atoms with E-state index in [4.69, 9.17) is 9.47 Å². The highest BCUT2D eigenvalue weighted by atomic mass is 16.6. The maximum absolute atomic E-state index is 12.5. The van der Waals surface area contributed by atoms with Crippen LogP contribution in [0, 0.1) is 5.92 Å². The summed E-state index contributed by atoms with van der Waals surface area (Å²) < 4.78 is 10.1. The van der Waals surface area contributed by atoms with Gasteiger partial charge in [0.15, 0.2) is 0 Å². The van der Waals surface area contributed by atoms with E-state index in [1.165, 1.54) is 30.0 Å². The van der Waals surface area contributed by atoms with E-state index < -0.39 is 24.1 Å². The minimum absolute atomic E-state index is 0.0685. The van der Waals surface area contributed by atoms with E-state index in [1.54, 1.807) is 13.8 Å². The van der Waals surface area contributed by atoms with E-state index in [0.29, 0.717) is 12.5 Å². The molecule has 0 aliphatic heterocycles. The van der Waals surface area contributed by atoms with Crippen LogP contribution in [0.15, 0.2) is 12.7 Å². The average molecular weight is 356 g/mol. The van der Waals surface area contributed by atoms with Gasteiger partial charge < -0.3 is 14.4 Å². The zero-order valence-electron chi connectivity index (χ0n) is 16.3. The van der Waals surface area contributed by atoms with Crippen LogP contribution in [-0.4, -0.2) is 67.2 Å². The van der Waals surface area contributed by atoms with Crippen molar-refractivity contribution in [2.45, 2.75) is 52.6 Å². The van der Waals surface area contributed by atoms with E-state index >= 15 is 0 Å². The quantitative estimate of drug-likeness (QED) is 0.341. The smallest absolute Gasteiger partial charge is 0.410 e. The Morgan fingerprint density at radius 2 is 1.60 bits per heavy atom. The minimum Gasteiger partial charge on any atom is -0.464 e. The van der Waals surface area contributed by atoms with Gasteiger partial charge in [0.2, 0.25) is 5.91 Å². The monoisotopic (exact) mass is 356 g/mol. The van der Waals surface area contributed by atoms with E-state index in [0.717, 1.165) is 12.8 Å². The normalized spacial score (nSPS) is 12.9. The summed E-state index contributed by atoms with van der Waals surface area (Å²) in [5, 5.41) is 0. The Hall–Kier alpha value is -2.05. The van der Waals surface area contributed by atoms with Crippen molar-refractivity contribution >= 4 is 18.0 Å². The summed E-state index contributed by atoms with van der Waals surface area (Å²) in [4.78, 5) is 38.8. The van der Waals surface area contributed by atoms with Crippen molar-refractivity contribution in [3.8, 4) is 0 Å². The Labute approximate surface area is 150 Å². The number of likely N-dealkylation sites (N-methyl/N-ethyl adjacent to an activating group) is 2. The fourth-order valence-corrected chi connectivity index (χ4v) is 1.98. The highest BCUT2D eigenvalue weighted by Crippen LogP contribution is 2.09. The fraction of sp³-hybridized carbons (Fsp3) is 0.722. The molecular weight excluding hydrogens is 324 g/mol. The molecule has 0 heterocycles. The molecule has 0 saturated carbocycles. The first-order valence-corrected chi connectivity index (χ1v) is 8.57. The van der Waals surface area contributed by atoms with Gasteiger partial charge in [0, 0.05) is 14.1 Å². The summed E-state index contributed by atoms with van der Waals surface area (Å²) in [5.74, 6) is -0.272. The van der Waals surface area contributed by atoms with Gasteiger partial charge in [0.05, 0.1) is 6.61 Å². The number of carbonyl (C=O) groups is 3. The van der Waals surface area contributed by atoms with Crippen molar-refractivity contribution in [3.05, 3.63) is 12.7 Å². The second kappa shape index (κ2) is 11.5. The van der Waals surface area contributed by atoms with Crippen molar-refractivity contribution < 1.29 is 23.9 Å². The third-order valence-electron chi connectivity index (χ3n) is 3.99. The Bertz CT molecular complexity index is 464. The van der Waals surface area contributed by atoms with Crippen LogP contribution in [0.4, 0.5) is 4.79 Å². The average Bonchev–Trinajstić information content (AvgIpc) is 2.59. The molecule has 25 heavy (non-hydrogen) atoms. The number of ether oxygens (including phenoxy) is 2. The van der Waals surface area contributed by atoms with Gasteiger partial charge in [0.25, 0.3) is 0 Å². The maximum atomic E-state index is 12.5. The third-order valence-corrected chi connectivity index (χ3v) is 3.99. The Balaban J connectivity index is 4.55. The first-order valence-electron chi connectivity index (χ1n) is 8.57. The molecular formula is C18H32N2O5. The van der Waals surface area contributed by atoms with Gasteiger partial charge in [0.1, 0.15) is 18.7 Å². The van der Waals surface area contributed by atoms with E-state index in [-0.39, 0.29) is 12.5 Å². The third kappa shape index (κ3) is 8.05. The van der Waals surface area contributed by atoms with Crippen molar-refractivity contribution in [2.75, 3.05) is 27.3 Å². The SMILES string of the molecule is C=CCOC(=O)N(C)C(C)C(=O)N(C)C(C)C(=O)OCCCC(C)C. The first kappa shape index (κ1) is 22.9.